The Morgan fingerprint density at radius 2 is 1.83 bits per heavy atom. The van der Waals surface area contributed by atoms with Crippen molar-refractivity contribution in [3.8, 4) is 5.75 Å². The van der Waals surface area contributed by atoms with Gasteiger partial charge in [-0.2, -0.15) is 0 Å². The Morgan fingerprint density at radius 3 is 2.50 bits per heavy atom. The number of carbonyl (C=O) groups excluding carboxylic acids is 1. The van der Waals surface area contributed by atoms with Crippen LogP contribution in [0.25, 0.3) is 0 Å². The highest BCUT2D eigenvalue weighted by molar-refractivity contribution is 7.98. The predicted octanol–water partition coefficient (Wildman–Crippen LogP) is 4.94. The molecule has 1 heterocycles. The number of nitrogens with one attached hydrogen (secondary N) is 1. The van der Waals surface area contributed by atoms with E-state index in [1.807, 2.05) is 23.9 Å². The van der Waals surface area contributed by atoms with E-state index >= 15 is 0 Å². The number of hydrogen-bond donors (Lipinski definition) is 1. The van der Waals surface area contributed by atoms with Crippen LogP contribution in [0, 0.1) is 5.92 Å². The lowest BCUT2D eigenvalue weighted by molar-refractivity contribution is -0.123. The van der Waals surface area contributed by atoms with Crippen molar-refractivity contribution in [2.24, 2.45) is 5.92 Å². The van der Waals surface area contributed by atoms with E-state index in [-0.39, 0.29) is 12.5 Å². The van der Waals surface area contributed by atoms with E-state index in [4.69, 9.17) is 4.74 Å². The second-order valence-corrected chi connectivity index (χ2v) is 9.20. The molecule has 0 spiro atoms. The standard InChI is InChI=1S/C25H34N2O2S/c1-19(2)21-8-10-23(11-9-21)29-18-25(28)26-16-20-12-14-27(15-13-20)17-22-6-4-5-7-24(22)30-3/h4-11,19-20H,12-18H2,1-3H3,(H,26,28). The van der Waals surface area contributed by atoms with E-state index < -0.39 is 0 Å². The minimum absolute atomic E-state index is 0.0423. The molecular formula is C25H34N2O2S. The van der Waals surface area contributed by atoms with Gasteiger partial charge in [-0.15, -0.1) is 11.8 Å². The summed E-state index contributed by atoms with van der Waals surface area (Å²) in [6, 6.07) is 16.7. The van der Waals surface area contributed by atoms with E-state index in [9.17, 15) is 4.79 Å². The second-order valence-electron chi connectivity index (χ2n) is 8.35. The van der Waals surface area contributed by atoms with Crippen molar-refractivity contribution in [3.05, 3.63) is 59.7 Å². The van der Waals surface area contributed by atoms with Gasteiger partial charge in [-0.1, -0.05) is 44.2 Å². The van der Waals surface area contributed by atoms with E-state index in [1.165, 1.54) is 16.0 Å². The number of likely N-dealkylation sites (tertiary alicyclic amines) is 1. The van der Waals surface area contributed by atoms with Gasteiger partial charge in [0.15, 0.2) is 6.61 Å². The van der Waals surface area contributed by atoms with Gasteiger partial charge in [0, 0.05) is 18.0 Å². The summed E-state index contributed by atoms with van der Waals surface area (Å²) < 4.78 is 5.63. The van der Waals surface area contributed by atoms with E-state index in [2.05, 4.69) is 66.7 Å². The molecule has 0 aromatic heterocycles. The molecule has 1 saturated heterocycles. The van der Waals surface area contributed by atoms with E-state index in [0.29, 0.717) is 11.8 Å². The topological polar surface area (TPSA) is 41.6 Å². The molecule has 3 rings (SSSR count). The van der Waals surface area contributed by atoms with Crippen molar-refractivity contribution in [1.82, 2.24) is 10.2 Å². The van der Waals surface area contributed by atoms with Crippen molar-refractivity contribution in [2.45, 2.75) is 44.0 Å². The lowest BCUT2D eigenvalue weighted by Crippen LogP contribution is -2.39. The summed E-state index contributed by atoms with van der Waals surface area (Å²) in [6.45, 7) is 8.33. The van der Waals surface area contributed by atoms with Gasteiger partial charge < -0.3 is 10.1 Å². The summed E-state index contributed by atoms with van der Waals surface area (Å²) in [7, 11) is 0. The number of thioether (sulfide) groups is 1. The Labute approximate surface area is 185 Å². The van der Waals surface area contributed by atoms with Gasteiger partial charge in [0.25, 0.3) is 5.91 Å². The fourth-order valence-corrected chi connectivity index (χ4v) is 4.44. The number of rotatable bonds is 9. The van der Waals surface area contributed by atoms with Crippen LogP contribution in [-0.2, 0) is 11.3 Å². The second kappa shape index (κ2) is 11.4. The highest BCUT2D eigenvalue weighted by Gasteiger charge is 2.20. The van der Waals surface area contributed by atoms with Crippen molar-refractivity contribution in [3.63, 3.8) is 0 Å². The number of ether oxygens (including phenoxy) is 1. The zero-order valence-electron chi connectivity index (χ0n) is 18.4. The molecule has 0 atom stereocenters. The maximum absolute atomic E-state index is 12.2. The highest BCUT2D eigenvalue weighted by Crippen LogP contribution is 2.24. The summed E-state index contributed by atoms with van der Waals surface area (Å²) in [5.74, 6) is 1.74. The molecule has 4 nitrogen and oxygen atoms in total. The van der Waals surface area contributed by atoms with Gasteiger partial charge in [0.2, 0.25) is 0 Å². The average molecular weight is 427 g/mol. The Hall–Kier alpha value is -1.98. The first-order chi connectivity index (χ1) is 14.5. The molecule has 30 heavy (non-hydrogen) atoms. The fraction of sp³-hybridized carbons (Fsp3) is 0.480. The summed E-state index contributed by atoms with van der Waals surface area (Å²) in [4.78, 5) is 16.1. The predicted molar refractivity (Wildman–Crippen MR) is 125 cm³/mol. The van der Waals surface area contributed by atoms with Crippen LogP contribution in [0.15, 0.2) is 53.4 Å². The Morgan fingerprint density at radius 1 is 1.13 bits per heavy atom. The summed E-state index contributed by atoms with van der Waals surface area (Å²) in [5, 5.41) is 3.05. The molecule has 0 aliphatic carbocycles. The molecule has 162 valence electrons. The summed E-state index contributed by atoms with van der Waals surface area (Å²) in [6.07, 6.45) is 4.39. The first-order valence-electron chi connectivity index (χ1n) is 10.9. The Balaban J connectivity index is 1.34. The molecule has 2 aromatic carbocycles. The summed E-state index contributed by atoms with van der Waals surface area (Å²) in [5.41, 5.74) is 2.69. The van der Waals surface area contributed by atoms with E-state index in [0.717, 1.165) is 44.8 Å². The molecule has 0 unspecified atom stereocenters. The highest BCUT2D eigenvalue weighted by atomic mass is 32.2. The molecule has 1 fully saturated rings. The molecule has 5 heteroatoms. The minimum Gasteiger partial charge on any atom is -0.484 e. The van der Waals surface area contributed by atoms with Gasteiger partial charge >= 0.3 is 0 Å². The zero-order valence-corrected chi connectivity index (χ0v) is 19.2. The van der Waals surface area contributed by atoms with Crippen LogP contribution < -0.4 is 10.1 Å². The zero-order chi connectivity index (χ0) is 21.3. The number of benzene rings is 2. The van der Waals surface area contributed by atoms with Crippen LogP contribution in [0.5, 0.6) is 5.75 Å². The van der Waals surface area contributed by atoms with Crippen molar-refractivity contribution >= 4 is 17.7 Å². The smallest absolute Gasteiger partial charge is 0.257 e. The molecule has 0 saturated carbocycles. The molecule has 1 aliphatic rings. The number of piperidine rings is 1. The van der Waals surface area contributed by atoms with Crippen molar-refractivity contribution in [2.75, 3.05) is 32.5 Å². The molecule has 1 amide bonds. The first-order valence-corrected chi connectivity index (χ1v) is 12.1. The van der Waals surface area contributed by atoms with Crippen LogP contribution in [0.1, 0.15) is 43.7 Å². The van der Waals surface area contributed by atoms with Crippen LogP contribution in [-0.4, -0.2) is 43.3 Å². The van der Waals surface area contributed by atoms with Crippen molar-refractivity contribution in [1.29, 1.82) is 0 Å². The molecule has 1 aliphatic heterocycles. The molecule has 2 aromatic rings. The quantitative estimate of drug-likeness (QED) is 0.577. The fourth-order valence-electron chi connectivity index (χ4n) is 3.83. The molecule has 1 N–H and O–H groups in total. The first kappa shape index (κ1) is 22.7. The van der Waals surface area contributed by atoms with E-state index in [1.54, 1.807) is 0 Å². The summed E-state index contributed by atoms with van der Waals surface area (Å²) >= 11 is 1.81. The molecule has 0 bridgehead atoms. The third kappa shape index (κ3) is 6.78. The third-order valence-corrected chi connectivity index (χ3v) is 6.64. The lowest BCUT2D eigenvalue weighted by atomic mass is 9.96. The average Bonchev–Trinajstić information content (AvgIpc) is 2.78. The van der Waals surface area contributed by atoms with Gasteiger partial charge in [-0.25, -0.2) is 0 Å². The third-order valence-electron chi connectivity index (χ3n) is 5.80. The number of hydrogen-bond acceptors (Lipinski definition) is 4. The minimum atomic E-state index is -0.0423. The maximum Gasteiger partial charge on any atom is 0.257 e. The van der Waals surface area contributed by atoms with Gasteiger partial charge in [-0.3, -0.25) is 9.69 Å². The molecular weight excluding hydrogens is 392 g/mol. The molecule has 0 radical (unpaired) electrons. The Kier molecular flexibility index (Phi) is 8.64. The van der Waals surface area contributed by atoms with Crippen LogP contribution in [0.3, 0.4) is 0 Å². The van der Waals surface area contributed by atoms with Gasteiger partial charge in [0.1, 0.15) is 5.75 Å². The van der Waals surface area contributed by atoms with Crippen LogP contribution in [0.4, 0.5) is 0 Å². The maximum atomic E-state index is 12.2. The number of amides is 1. The van der Waals surface area contributed by atoms with Crippen molar-refractivity contribution < 1.29 is 9.53 Å². The number of carbonyl (C=O) groups is 1. The monoisotopic (exact) mass is 426 g/mol. The van der Waals surface area contributed by atoms with Crippen LogP contribution >= 0.6 is 11.8 Å². The number of nitrogens with zero attached hydrogens (tertiary/aromatic N) is 1. The largest absolute Gasteiger partial charge is 0.484 e. The van der Waals surface area contributed by atoms with Gasteiger partial charge in [0.05, 0.1) is 0 Å². The Bertz CT molecular complexity index is 799. The normalized spacial score (nSPS) is 15.3. The van der Waals surface area contributed by atoms with Crippen LogP contribution in [0.2, 0.25) is 0 Å². The lowest BCUT2D eigenvalue weighted by Gasteiger charge is -2.32. The van der Waals surface area contributed by atoms with Gasteiger partial charge in [-0.05, 0) is 73.3 Å². The SMILES string of the molecule is CSc1ccccc1CN1CCC(CNC(=O)COc2ccc(C(C)C)cc2)CC1.